The van der Waals surface area contributed by atoms with Crippen LogP contribution in [0.2, 0.25) is 0 Å². The molecule has 27 heavy (non-hydrogen) atoms. The van der Waals surface area contributed by atoms with E-state index in [0.29, 0.717) is 5.92 Å². The van der Waals surface area contributed by atoms with Gasteiger partial charge in [-0.2, -0.15) is 0 Å². The SMILES string of the molecule is O=C(c1cccc(CN2CCC(c3ccc(F)cc3)CC2)c1)N1CCCC1. The maximum atomic E-state index is 13.1. The largest absolute Gasteiger partial charge is 0.339 e. The van der Waals surface area contributed by atoms with Crippen LogP contribution >= 0.6 is 0 Å². The third-order valence-electron chi connectivity index (χ3n) is 5.90. The summed E-state index contributed by atoms with van der Waals surface area (Å²) in [7, 11) is 0. The molecule has 1 amide bonds. The molecule has 3 nitrogen and oxygen atoms in total. The number of nitrogens with zero attached hydrogens (tertiary/aromatic N) is 2. The van der Waals surface area contributed by atoms with Crippen LogP contribution < -0.4 is 0 Å². The minimum Gasteiger partial charge on any atom is -0.339 e. The molecule has 0 unspecified atom stereocenters. The molecule has 2 aromatic rings. The zero-order valence-electron chi connectivity index (χ0n) is 15.7. The van der Waals surface area contributed by atoms with Crippen LogP contribution in [-0.4, -0.2) is 41.9 Å². The molecule has 0 N–H and O–H groups in total. The van der Waals surface area contributed by atoms with E-state index in [0.717, 1.165) is 64.0 Å². The summed E-state index contributed by atoms with van der Waals surface area (Å²) in [4.78, 5) is 17.0. The van der Waals surface area contributed by atoms with Crippen molar-refractivity contribution in [2.24, 2.45) is 0 Å². The first kappa shape index (κ1) is 18.2. The summed E-state index contributed by atoms with van der Waals surface area (Å²) in [5.74, 6) is 0.522. The Bertz CT molecular complexity index is 775. The molecule has 2 aliphatic rings. The third-order valence-corrected chi connectivity index (χ3v) is 5.90. The van der Waals surface area contributed by atoms with Crippen molar-refractivity contribution in [2.75, 3.05) is 26.2 Å². The van der Waals surface area contributed by atoms with Crippen molar-refractivity contribution >= 4 is 5.91 Å². The van der Waals surface area contributed by atoms with Gasteiger partial charge in [-0.1, -0.05) is 24.3 Å². The summed E-state index contributed by atoms with van der Waals surface area (Å²) in [5, 5.41) is 0. The van der Waals surface area contributed by atoms with Gasteiger partial charge in [0.1, 0.15) is 5.82 Å². The molecular weight excluding hydrogens is 339 g/mol. The molecule has 2 saturated heterocycles. The van der Waals surface area contributed by atoms with Crippen molar-refractivity contribution in [3.63, 3.8) is 0 Å². The topological polar surface area (TPSA) is 23.6 Å². The molecule has 0 spiro atoms. The van der Waals surface area contributed by atoms with Gasteiger partial charge in [-0.3, -0.25) is 9.69 Å². The van der Waals surface area contributed by atoms with Crippen molar-refractivity contribution < 1.29 is 9.18 Å². The van der Waals surface area contributed by atoms with E-state index < -0.39 is 0 Å². The zero-order valence-corrected chi connectivity index (χ0v) is 15.7. The summed E-state index contributed by atoms with van der Waals surface area (Å²) in [6, 6.07) is 15.1. The van der Waals surface area contributed by atoms with E-state index in [2.05, 4.69) is 17.0 Å². The number of carbonyl (C=O) groups excluding carboxylic acids is 1. The highest BCUT2D eigenvalue weighted by Crippen LogP contribution is 2.29. The van der Waals surface area contributed by atoms with Gasteiger partial charge in [0.15, 0.2) is 0 Å². The molecule has 2 aliphatic heterocycles. The van der Waals surface area contributed by atoms with Crippen molar-refractivity contribution in [3.05, 3.63) is 71.0 Å². The maximum Gasteiger partial charge on any atom is 0.253 e. The van der Waals surface area contributed by atoms with Gasteiger partial charge in [-0.15, -0.1) is 0 Å². The smallest absolute Gasteiger partial charge is 0.253 e. The lowest BCUT2D eigenvalue weighted by Crippen LogP contribution is -2.32. The molecule has 4 rings (SSSR count). The van der Waals surface area contributed by atoms with E-state index in [-0.39, 0.29) is 11.7 Å². The van der Waals surface area contributed by atoms with Crippen LogP contribution in [0, 0.1) is 5.82 Å². The van der Waals surface area contributed by atoms with Crippen LogP contribution in [0.4, 0.5) is 4.39 Å². The first-order chi connectivity index (χ1) is 13.2. The van der Waals surface area contributed by atoms with Crippen LogP contribution in [0.25, 0.3) is 0 Å². The monoisotopic (exact) mass is 366 g/mol. The molecule has 0 bridgehead atoms. The molecule has 0 atom stereocenters. The van der Waals surface area contributed by atoms with Gasteiger partial charge in [0, 0.05) is 25.2 Å². The maximum absolute atomic E-state index is 13.1. The minimum absolute atomic E-state index is 0.167. The molecule has 2 fully saturated rings. The van der Waals surface area contributed by atoms with Crippen LogP contribution in [0.15, 0.2) is 48.5 Å². The van der Waals surface area contributed by atoms with Gasteiger partial charge in [0.05, 0.1) is 0 Å². The third kappa shape index (κ3) is 4.38. The lowest BCUT2D eigenvalue weighted by molar-refractivity contribution is 0.0792. The number of hydrogen-bond acceptors (Lipinski definition) is 2. The van der Waals surface area contributed by atoms with E-state index in [1.165, 1.54) is 11.1 Å². The number of hydrogen-bond donors (Lipinski definition) is 0. The average molecular weight is 366 g/mol. The Morgan fingerprint density at radius 1 is 0.963 bits per heavy atom. The van der Waals surface area contributed by atoms with Crippen LogP contribution in [0.5, 0.6) is 0 Å². The Hall–Kier alpha value is -2.20. The lowest BCUT2D eigenvalue weighted by atomic mass is 9.89. The van der Waals surface area contributed by atoms with E-state index in [9.17, 15) is 9.18 Å². The van der Waals surface area contributed by atoms with Crippen molar-refractivity contribution in [1.82, 2.24) is 9.80 Å². The molecule has 0 saturated carbocycles. The van der Waals surface area contributed by atoms with Gasteiger partial charge < -0.3 is 4.90 Å². The second-order valence-electron chi connectivity index (χ2n) is 7.80. The first-order valence-electron chi connectivity index (χ1n) is 10.0. The van der Waals surface area contributed by atoms with Crippen LogP contribution in [-0.2, 0) is 6.54 Å². The van der Waals surface area contributed by atoms with Crippen LogP contribution in [0.3, 0.4) is 0 Å². The zero-order chi connectivity index (χ0) is 18.6. The fraction of sp³-hybridized carbons (Fsp3) is 0.435. The number of amides is 1. The number of benzene rings is 2. The van der Waals surface area contributed by atoms with Gasteiger partial charge in [-0.05, 0) is 80.1 Å². The van der Waals surface area contributed by atoms with E-state index in [1.807, 2.05) is 29.2 Å². The Morgan fingerprint density at radius 3 is 2.37 bits per heavy atom. The molecule has 0 radical (unpaired) electrons. The number of rotatable bonds is 4. The average Bonchev–Trinajstić information content (AvgIpc) is 3.24. The Kier molecular flexibility index (Phi) is 5.53. The molecule has 4 heteroatoms. The van der Waals surface area contributed by atoms with Crippen molar-refractivity contribution in [3.8, 4) is 0 Å². The van der Waals surface area contributed by atoms with E-state index >= 15 is 0 Å². The summed E-state index contributed by atoms with van der Waals surface area (Å²) >= 11 is 0. The second kappa shape index (κ2) is 8.22. The normalized spacial score (nSPS) is 18.8. The summed E-state index contributed by atoms with van der Waals surface area (Å²) in [6.07, 6.45) is 4.43. The van der Waals surface area contributed by atoms with E-state index in [1.54, 1.807) is 12.1 Å². The molecule has 0 aromatic heterocycles. The Labute approximate surface area is 160 Å². The first-order valence-corrected chi connectivity index (χ1v) is 10.0. The predicted molar refractivity (Wildman–Crippen MR) is 105 cm³/mol. The molecule has 0 aliphatic carbocycles. The highest BCUT2D eigenvalue weighted by molar-refractivity contribution is 5.94. The highest BCUT2D eigenvalue weighted by atomic mass is 19.1. The number of likely N-dealkylation sites (tertiary alicyclic amines) is 2. The van der Waals surface area contributed by atoms with Gasteiger partial charge in [0.2, 0.25) is 0 Å². The molecular formula is C23H27FN2O. The molecule has 142 valence electrons. The van der Waals surface area contributed by atoms with Gasteiger partial charge in [-0.25, -0.2) is 4.39 Å². The standard InChI is InChI=1S/C23H27FN2O/c24-22-8-6-19(7-9-22)20-10-14-25(15-11-20)17-18-4-3-5-21(16-18)23(27)26-12-1-2-13-26/h3-9,16,20H,1-2,10-15,17H2. The fourth-order valence-electron chi connectivity index (χ4n) is 4.32. The number of piperidine rings is 1. The number of carbonyl (C=O) groups is 1. The number of halogens is 1. The molecule has 2 aromatic carbocycles. The summed E-state index contributed by atoms with van der Waals surface area (Å²) in [6.45, 7) is 4.73. The minimum atomic E-state index is -0.167. The lowest BCUT2D eigenvalue weighted by Gasteiger charge is -2.32. The predicted octanol–water partition coefficient (Wildman–Crippen LogP) is 4.44. The second-order valence-corrected chi connectivity index (χ2v) is 7.80. The Morgan fingerprint density at radius 2 is 1.67 bits per heavy atom. The Balaban J connectivity index is 1.34. The van der Waals surface area contributed by atoms with Crippen molar-refractivity contribution in [2.45, 2.75) is 38.1 Å². The quantitative estimate of drug-likeness (QED) is 0.799. The van der Waals surface area contributed by atoms with Gasteiger partial charge in [0.25, 0.3) is 5.91 Å². The van der Waals surface area contributed by atoms with Gasteiger partial charge >= 0.3 is 0 Å². The van der Waals surface area contributed by atoms with Crippen molar-refractivity contribution in [1.29, 1.82) is 0 Å². The molecule has 2 heterocycles. The highest BCUT2D eigenvalue weighted by Gasteiger charge is 2.22. The summed E-state index contributed by atoms with van der Waals surface area (Å²) in [5.41, 5.74) is 3.27. The summed E-state index contributed by atoms with van der Waals surface area (Å²) < 4.78 is 13.1. The van der Waals surface area contributed by atoms with Crippen LogP contribution in [0.1, 0.15) is 53.1 Å². The fourth-order valence-corrected chi connectivity index (χ4v) is 4.32. The van der Waals surface area contributed by atoms with E-state index in [4.69, 9.17) is 0 Å².